The van der Waals surface area contributed by atoms with Crippen molar-refractivity contribution in [3.05, 3.63) is 62.1 Å². The fraction of sp³-hybridized carbons (Fsp3) is 0.381. The molecular formula is C21H27Cl2N5O2. The van der Waals surface area contributed by atoms with Gasteiger partial charge in [0.25, 0.3) is 5.56 Å². The summed E-state index contributed by atoms with van der Waals surface area (Å²) in [6.45, 7) is 6.20. The number of aryl methyl sites for hydroxylation is 3. The second-order valence-corrected chi connectivity index (χ2v) is 7.48. The van der Waals surface area contributed by atoms with Crippen LogP contribution in [0.2, 0.25) is 0 Å². The summed E-state index contributed by atoms with van der Waals surface area (Å²) in [5.41, 5.74) is 7.01. The third kappa shape index (κ3) is 4.53. The molecule has 3 aromatic rings. The molecule has 0 radical (unpaired) electrons. The van der Waals surface area contributed by atoms with Crippen LogP contribution in [0.5, 0.6) is 0 Å². The Labute approximate surface area is 187 Å². The molecule has 0 unspecified atom stereocenters. The molecule has 0 aliphatic carbocycles. The van der Waals surface area contributed by atoms with Gasteiger partial charge < -0.3 is 10.6 Å². The number of nitrogens with one attached hydrogen (secondary N) is 3. The van der Waals surface area contributed by atoms with E-state index in [1.807, 2.05) is 13.8 Å². The summed E-state index contributed by atoms with van der Waals surface area (Å²) in [4.78, 5) is 29.1. The molecule has 30 heavy (non-hydrogen) atoms. The second-order valence-electron chi connectivity index (χ2n) is 7.48. The predicted octanol–water partition coefficient (Wildman–Crippen LogP) is 2.57. The van der Waals surface area contributed by atoms with Gasteiger partial charge in [-0.25, -0.2) is 4.98 Å². The molecule has 2 aromatic heterocycles. The van der Waals surface area contributed by atoms with Gasteiger partial charge >= 0.3 is 0 Å². The van der Waals surface area contributed by atoms with Gasteiger partial charge in [-0.3, -0.25) is 19.4 Å². The van der Waals surface area contributed by atoms with Crippen molar-refractivity contribution in [2.24, 2.45) is 7.05 Å². The van der Waals surface area contributed by atoms with Crippen molar-refractivity contribution in [1.82, 2.24) is 25.4 Å². The van der Waals surface area contributed by atoms with Gasteiger partial charge in [0.1, 0.15) is 0 Å². The van der Waals surface area contributed by atoms with Crippen LogP contribution in [0.25, 0.3) is 11.0 Å². The minimum atomic E-state index is -0.140. The summed E-state index contributed by atoms with van der Waals surface area (Å²) < 4.78 is 1.64. The molecule has 0 saturated carbocycles. The summed E-state index contributed by atoms with van der Waals surface area (Å²) in [6.07, 6.45) is 0.932. The average molecular weight is 452 g/mol. The Kier molecular flexibility index (Phi) is 7.69. The third-order valence-electron chi connectivity index (χ3n) is 5.57. The van der Waals surface area contributed by atoms with Crippen LogP contribution in [0.4, 0.5) is 0 Å². The SMILES string of the molecule is Cc1nc2c(c(C)c1CCC(=O)NCc1ccc3c(c1)CNC3)c(=O)[nH]n2C.Cl.Cl. The molecule has 1 aromatic carbocycles. The van der Waals surface area contributed by atoms with E-state index in [0.29, 0.717) is 30.4 Å². The Morgan fingerprint density at radius 1 is 1.20 bits per heavy atom. The molecule has 0 saturated heterocycles. The van der Waals surface area contributed by atoms with E-state index in [-0.39, 0.29) is 36.3 Å². The largest absolute Gasteiger partial charge is 0.352 e. The van der Waals surface area contributed by atoms with Gasteiger partial charge in [0.15, 0.2) is 5.65 Å². The molecular weight excluding hydrogens is 425 g/mol. The van der Waals surface area contributed by atoms with Gasteiger partial charge in [-0.2, -0.15) is 0 Å². The molecule has 4 rings (SSSR count). The molecule has 1 aliphatic rings. The molecule has 0 atom stereocenters. The number of halogens is 2. The zero-order chi connectivity index (χ0) is 19.8. The maximum absolute atomic E-state index is 12.4. The van der Waals surface area contributed by atoms with Crippen LogP contribution in [0, 0.1) is 13.8 Å². The Morgan fingerprint density at radius 2 is 1.93 bits per heavy atom. The number of benzene rings is 1. The summed E-state index contributed by atoms with van der Waals surface area (Å²) in [5, 5.41) is 9.68. The summed E-state index contributed by atoms with van der Waals surface area (Å²) in [7, 11) is 1.78. The van der Waals surface area contributed by atoms with Crippen LogP contribution in [-0.2, 0) is 37.9 Å². The van der Waals surface area contributed by atoms with E-state index in [1.165, 1.54) is 11.1 Å². The number of aromatic nitrogens is 3. The lowest BCUT2D eigenvalue weighted by molar-refractivity contribution is -0.121. The first-order valence-electron chi connectivity index (χ1n) is 9.57. The quantitative estimate of drug-likeness (QED) is 0.555. The first-order chi connectivity index (χ1) is 13.4. The lowest BCUT2D eigenvalue weighted by Gasteiger charge is -2.11. The van der Waals surface area contributed by atoms with Gasteiger partial charge in [0, 0.05) is 38.8 Å². The Morgan fingerprint density at radius 3 is 2.70 bits per heavy atom. The number of H-pyrrole nitrogens is 1. The first kappa shape index (κ1) is 23.9. The number of carbonyl (C=O) groups excluding carboxylic acids is 1. The summed E-state index contributed by atoms with van der Waals surface area (Å²) in [6, 6.07) is 6.35. The first-order valence-corrected chi connectivity index (χ1v) is 9.57. The van der Waals surface area contributed by atoms with Crippen molar-refractivity contribution in [3.8, 4) is 0 Å². The van der Waals surface area contributed by atoms with Gasteiger partial charge in [-0.15, -0.1) is 24.8 Å². The Hall–Kier alpha value is -2.35. The van der Waals surface area contributed by atoms with Crippen LogP contribution in [0.15, 0.2) is 23.0 Å². The summed E-state index contributed by atoms with van der Waals surface area (Å²) >= 11 is 0. The zero-order valence-electron chi connectivity index (χ0n) is 17.3. The smallest absolute Gasteiger partial charge is 0.273 e. The number of pyridine rings is 1. The monoisotopic (exact) mass is 451 g/mol. The molecule has 0 bridgehead atoms. The molecule has 1 aliphatic heterocycles. The van der Waals surface area contributed by atoms with E-state index in [2.05, 4.69) is 38.9 Å². The standard InChI is InChI=1S/C21H25N5O2.2ClH/c1-12-17(13(2)24-20-19(12)21(28)25-26(20)3)6-7-18(27)23-9-14-4-5-15-10-22-11-16(15)8-14;;/h4-5,8,22H,6-7,9-11H2,1-3H3,(H,23,27)(H,25,28);2*1H. The minimum absolute atomic E-state index is 0. The van der Waals surface area contributed by atoms with E-state index in [1.54, 1.807) is 11.7 Å². The van der Waals surface area contributed by atoms with Crippen LogP contribution in [-0.4, -0.2) is 20.7 Å². The van der Waals surface area contributed by atoms with Gasteiger partial charge in [0.2, 0.25) is 5.91 Å². The van der Waals surface area contributed by atoms with Crippen LogP contribution in [0.3, 0.4) is 0 Å². The van der Waals surface area contributed by atoms with E-state index < -0.39 is 0 Å². The highest BCUT2D eigenvalue weighted by atomic mass is 35.5. The predicted molar refractivity (Wildman–Crippen MR) is 122 cm³/mol. The lowest BCUT2D eigenvalue weighted by Crippen LogP contribution is -2.23. The molecule has 1 amide bonds. The highest BCUT2D eigenvalue weighted by Gasteiger charge is 2.16. The van der Waals surface area contributed by atoms with Crippen LogP contribution >= 0.6 is 24.8 Å². The molecule has 3 N–H and O–H groups in total. The number of aromatic amines is 1. The van der Waals surface area contributed by atoms with Crippen LogP contribution < -0.4 is 16.2 Å². The Balaban J connectivity index is 0.00000160. The van der Waals surface area contributed by atoms with E-state index in [4.69, 9.17) is 0 Å². The van der Waals surface area contributed by atoms with E-state index in [9.17, 15) is 9.59 Å². The normalized spacial score (nSPS) is 12.2. The number of hydrogen-bond acceptors (Lipinski definition) is 4. The summed E-state index contributed by atoms with van der Waals surface area (Å²) in [5.74, 6) is -0.000471. The maximum atomic E-state index is 12.4. The number of amides is 1. The van der Waals surface area contributed by atoms with E-state index >= 15 is 0 Å². The molecule has 0 fully saturated rings. The number of hydrogen-bond donors (Lipinski definition) is 3. The minimum Gasteiger partial charge on any atom is -0.352 e. The molecule has 9 heteroatoms. The van der Waals surface area contributed by atoms with Crippen molar-refractivity contribution in [3.63, 3.8) is 0 Å². The Bertz CT molecular complexity index is 1140. The third-order valence-corrected chi connectivity index (χ3v) is 5.57. The van der Waals surface area contributed by atoms with Crippen LogP contribution in [0.1, 0.15) is 39.9 Å². The average Bonchev–Trinajstić information content (AvgIpc) is 3.23. The van der Waals surface area contributed by atoms with Crippen molar-refractivity contribution >= 4 is 41.8 Å². The number of carbonyl (C=O) groups is 1. The van der Waals surface area contributed by atoms with Crippen molar-refractivity contribution in [1.29, 1.82) is 0 Å². The molecule has 7 nitrogen and oxygen atoms in total. The molecule has 0 spiro atoms. The fourth-order valence-electron chi connectivity index (χ4n) is 4.00. The van der Waals surface area contributed by atoms with Gasteiger partial charge in [-0.05, 0) is 48.1 Å². The van der Waals surface area contributed by atoms with Crippen molar-refractivity contribution in [2.75, 3.05) is 0 Å². The number of fused-ring (bicyclic) bond motifs is 2. The highest BCUT2D eigenvalue weighted by molar-refractivity contribution is 5.85. The second kappa shape index (κ2) is 9.64. The fourth-order valence-corrected chi connectivity index (χ4v) is 4.00. The highest BCUT2D eigenvalue weighted by Crippen LogP contribution is 2.21. The molecule has 162 valence electrons. The zero-order valence-corrected chi connectivity index (χ0v) is 18.9. The number of rotatable bonds is 5. The number of nitrogens with zero attached hydrogens (tertiary/aromatic N) is 2. The van der Waals surface area contributed by atoms with E-state index in [0.717, 1.165) is 35.5 Å². The maximum Gasteiger partial charge on any atom is 0.273 e. The topological polar surface area (TPSA) is 91.8 Å². The molecule has 3 heterocycles. The van der Waals surface area contributed by atoms with Gasteiger partial charge in [-0.1, -0.05) is 18.2 Å². The van der Waals surface area contributed by atoms with Crippen molar-refractivity contribution in [2.45, 2.75) is 46.3 Å². The lowest BCUT2D eigenvalue weighted by atomic mass is 10.00. The van der Waals surface area contributed by atoms with Gasteiger partial charge in [0.05, 0.1) is 5.39 Å². The van der Waals surface area contributed by atoms with Crippen molar-refractivity contribution < 1.29 is 4.79 Å².